The molecule has 1 aliphatic rings. The fourth-order valence-corrected chi connectivity index (χ4v) is 3.01. The van der Waals surface area contributed by atoms with Gasteiger partial charge in [0.25, 0.3) is 5.91 Å². The lowest BCUT2D eigenvalue weighted by Crippen LogP contribution is -2.29. The van der Waals surface area contributed by atoms with E-state index >= 15 is 0 Å². The molecule has 2 heterocycles. The van der Waals surface area contributed by atoms with Gasteiger partial charge in [-0.05, 0) is 29.8 Å². The predicted octanol–water partition coefficient (Wildman–Crippen LogP) is 3.84. The molecule has 4 rings (SSSR count). The van der Waals surface area contributed by atoms with Crippen molar-refractivity contribution in [3.63, 3.8) is 0 Å². The SMILES string of the molecule is O=C(NC(c1ccccc1)c1ccco1)c1cccc(C2OCCO2)c1. The molecule has 1 atom stereocenters. The molecular formula is C21H19NO4. The van der Waals surface area contributed by atoms with E-state index in [1.807, 2.05) is 54.6 Å². The fourth-order valence-electron chi connectivity index (χ4n) is 3.01. The molecule has 1 aliphatic heterocycles. The van der Waals surface area contributed by atoms with Crippen molar-refractivity contribution in [2.75, 3.05) is 13.2 Å². The average molecular weight is 349 g/mol. The number of ether oxygens (including phenoxy) is 2. The van der Waals surface area contributed by atoms with Crippen LogP contribution in [0.4, 0.5) is 0 Å². The van der Waals surface area contributed by atoms with Crippen molar-refractivity contribution in [3.8, 4) is 0 Å². The van der Waals surface area contributed by atoms with Crippen LogP contribution in [0.2, 0.25) is 0 Å². The van der Waals surface area contributed by atoms with Crippen molar-refractivity contribution >= 4 is 5.91 Å². The smallest absolute Gasteiger partial charge is 0.252 e. The molecule has 1 fully saturated rings. The number of hydrogen-bond donors (Lipinski definition) is 1. The number of carbonyl (C=O) groups is 1. The molecular weight excluding hydrogens is 330 g/mol. The van der Waals surface area contributed by atoms with Crippen molar-refractivity contribution in [1.82, 2.24) is 5.32 Å². The summed E-state index contributed by atoms with van der Waals surface area (Å²) in [7, 11) is 0. The quantitative estimate of drug-likeness (QED) is 0.760. The maximum Gasteiger partial charge on any atom is 0.252 e. The van der Waals surface area contributed by atoms with Gasteiger partial charge in [0.1, 0.15) is 11.8 Å². The summed E-state index contributed by atoms with van der Waals surface area (Å²) in [6, 6.07) is 20.4. The predicted molar refractivity (Wildman–Crippen MR) is 95.5 cm³/mol. The molecule has 0 spiro atoms. The second-order valence-electron chi connectivity index (χ2n) is 6.03. The molecule has 3 aromatic rings. The molecule has 2 aromatic carbocycles. The Morgan fingerprint density at radius 2 is 1.77 bits per heavy atom. The van der Waals surface area contributed by atoms with E-state index in [2.05, 4.69) is 5.32 Å². The first kappa shape index (κ1) is 16.6. The van der Waals surface area contributed by atoms with E-state index in [0.29, 0.717) is 24.5 Å². The van der Waals surface area contributed by atoms with Crippen molar-refractivity contribution in [3.05, 3.63) is 95.4 Å². The van der Waals surface area contributed by atoms with E-state index < -0.39 is 6.29 Å². The Hall–Kier alpha value is -2.89. The second kappa shape index (κ2) is 7.56. The van der Waals surface area contributed by atoms with E-state index in [4.69, 9.17) is 13.9 Å². The number of amides is 1. The van der Waals surface area contributed by atoms with Crippen LogP contribution in [-0.2, 0) is 9.47 Å². The molecule has 1 saturated heterocycles. The third kappa shape index (κ3) is 3.54. The largest absolute Gasteiger partial charge is 0.467 e. The number of hydrogen-bond acceptors (Lipinski definition) is 4. The highest BCUT2D eigenvalue weighted by molar-refractivity contribution is 5.94. The van der Waals surface area contributed by atoms with Crippen LogP contribution in [0.1, 0.15) is 39.6 Å². The van der Waals surface area contributed by atoms with Gasteiger partial charge in [-0.15, -0.1) is 0 Å². The zero-order valence-electron chi connectivity index (χ0n) is 14.1. The van der Waals surface area contributed by atoms with E-state index in [0.717, 1.165) is 11.1 Å². The van der Waals surface area contributed by atoms with Gasteiger partial charge in [0.2, 0.25) is 0 Å². The van der Waals surface area contributed by atoms with E-state index in [1.54, 1.807) is 18.4 Å². The summed E-state index contributed by atoms with van der Waals surface area (Å²) in [5.41, 5.74) is 2.34. The highest BCUT2D eigenvalue weighted by Gasteiger charge is 2.22. The van der Waals surface area contributed by atoms with E-state index in [-0.39, 0.29) is 11.9 Å². The molecule has 0 saturated carbocycles. The van der Waals surface area contributed by atoms with E-state index in [9.17, 15) is 4.79 Å². The second-order valence-corrected chi connectivity index (χ2v) is 6.03. The van der Waals surface area contributed by atoms with Gasteiger partial charge in [-0.2, -0.15) is 0 Å². The van der Waals surface area contributed by atoms with Crippen LogP contribution >= 0.6 is 0 Å². The first-order valence-corrected chi connectivity index (χ1v) is 8.53. The molecule has 0 aliphatic carbocycles. The number of furan rings is 1. The monoisotopic (exact) mass is 349 g/mol. The Morgan fingerprint density at radius 1 is 0.962 bits per heavy atom. The molecule has 5 heteroatoms. The topological polar surface area (TPSA) is 60.7 Å². The standard InChI is InChI=1S/C21H19NO4/c23-20(16-8-4-9-17(14-16)21-25-12-13-26-21)22-19(18-10-5-11-24-18)15-6-2-1-3-7-15/h1-11,14,19,21H,12-13H2,(H,22,23). The van der Waals surface area contributed by atoms with E-state index in [1.165, 1.54) is 0 Å². The maximum absolute atomic E-state index is 12.9. The van der Waals surface area contributed by atoms with Crippen LogP contribution in [0, 0.1) is 0 Å². The van der Waals surface area contributed by atoms with Crippen LogP contribution < -0.4 is 5.32 Å². The van der Waals surface area contributed by atoms with Gasteiger partial charge in [-0.1, -0.05) is 42.5 Å². The summed E-state index contributed by atoms with van der Waals surface area (Å²) in [5.74, 6) is 0.498. The van der Waals surface area contributed by atoms with Crippen LogP contribution in [-0.4, -0.2) is 19.1 Å². The minimum Gasteiger partial charge on any atom is -0.467 e. The van der Waals surface area contributed by atoms with Crippen LogP contribution in [0.3, 0.4) is 0 Å². The molecule has 1 N–H and O–H groups in total. The van der Waals surface area contributed by atoms with Crippen molar-refractivity contribution in [2.24, 2.45) is 0 Å². The lowest BCUT2D eigenvalue weighted by Gasteiger charge is -2.18. The highest BCUT2D eigenvalue weighted by Crippen LogP contribution is 2.25. The number of rotatable bonds is 5. The number of benzene rings is 2. The molecule has 132 valence electrons. The van der Waals surface area contributed by atoms with Crippen LogP contribution in [0.5, 0.6) is 0 Å². The number of nitrogens with one attached hydrogen (secondary N) is 1. The van der Waals surface area contributed by atoms with Crippen molar-refractivity contribution < 1.29 is 18.7 Å². The van der Waals surface area contributed by atoms with Crippen LogP contribution in [0.15, 0.2) is 77.4 Å². The first-order valence-electron chi connectivity index (χ1n) is 8.53. The highest BCUT2D eigenvalue weighted by atomic mass is 16.7. The maximum atomic E-state index is 12.9. The Balaban J connectivity index is 1.58. The molecule has 5 nitrogen and oxygen atoms in total. The van der Waals surface area contributed by atoms with Gasteiger partial charge in [-0.3, -0.25) is 4.79 Å². The van der Waals surface area contributed by atoms with Gasteiger partial charge in [0, 0.05) is 11.1 Å². The Morgan fingerprint density at radius 3 is 2.50 bits per heavy atom. The van der Waals surface area contributed by atoms with Gasteiger partial charge in [0.05, 0.1) is 19.5 Å². The molecule has 0 radical (unpaired) electrons. The lowest BCUT2D eigenvalue weighted by molar-refractivity contribution is -0.0441. The van der Waals surface area contributed by atoms with Gasteiger partial charge in [0.15, 0.2) is 6.29 Å². The summed E-state index contributed by atoms with van der Waals surface area (Å²) in [6.07, 6.45) is 1.20. The normalized spacial score (nSPS) is 15.7. The molecule has 1 aromatic heterocycles. The van der Waals surface area contributed by atoms with Gasteiger partial charge in [-0.25, -0.2) is 0 Å². The first-order chi connectivity index (χ1) is 12.8. The average Bonchev–Trinajstić information content (AvgIpc) is 3.40. The van der Waals surface area contributed by atoms with Crippen molar-refractivity contribution in [1.29, 1.82) is 0 Å². The third-order valence-electron chi connectivity index (χ3n) is 4.28. The minimum absolute atomic E-state index is 0.185. The molecule has 1 unspecified atom stereocenters. The molecule has 0 bridgehead atoms. The summed E-state index contributed by atoms with van der Waals surface area (Å²) >= 11 is 0. The summed E-state index contributed by atoms with van der Waals surface area (Å²) in [4.78, 5) is 12.9. The minimum atomic E-state index is -0.405. The zero-order valence-corrected chi connectivity index (χ0v) is 14.1. The van der Waals surface area contributed by atoms with Gasteiger partial charge >= 0.3 is 0 Å². The number of carbonyl (C=O) groups excluding carboxylic acids is 1. The summed E-state index contributed by atoms with van der Waals surface area (Å²) in [6.45, 7) is 1.13. The zero-order chi connectivity index (χ0) is 17.8. The Labute approximate surface area is 151 Å². The van der Waals surface area contributed by atoms with Gasteiger partial charge < -0.3 is 19.2 Å². The molecule has 26 heavy (non-hydrogen) atoms. The summed E-state index contributed by atoms with van der Waals surface area (Å²) in [5, 5.41) is 3.06. The van der Waals surface area contributed by atoms with Crippen LogP contribution in [0.25, 0.3) is 0 Å². The third-order valence-corrected chi connectivity index (χ3v) is 4.28. The Kier molecular flexibility index (Phi) is 4.82. The molecule has 1 amide bonds. The fraction of sp³-hybridized carbons (Fsp3) is 0.190. The Bertz CT molecular complexity index is 855. The summed E-state index contributed by atoms with van der Waals surface area (Å²) < 4.78 is 16.6. The lowest BCUT2D eigenvalue weighted by atomic mass is 10.0. The van der Waals surface area contributed by atoms with Crippen molar-refractivity contribution in [2.45, 2.75) is 12.3 Å².